The minimum Gasteiger partial charge on any atom is -0.397 e. The molecule has 0 amide bonds. The van der Waals surface area contributed by atoms with Gasteiger partial charge in [-0.25, -0.2) is 4.98 Å². The normalized spacial score (nSPS) is 10.2. The van der Waals surface area contributed by atoms with Crippen LogP contribution in [0.5, 0.6) is 0 Å². The van der Waals surface area contributed by atoms with E-state index >= 15 is 0 Å². The van der Waals surface area contributed by atoms with Crippen LogP contribution < -0.4 is 11.1 Å². The molecule has 0 fully saturated rings. The Morgan fingerprint density at radius 3 is 2.71 bits per heavy atom. The van der Waals surface area contributed by atoms with Gasteiger partial charge >= 0.3 is 0 Å². The van der Waals surface area contributed by atoms with Crippen molar-refractivity contribution in [1.82, 2.24) is 4.98 Å². The van der Waals surface area contributed by atoms with Gasteiger partial charge in [0.25, 0.3) is 0 Å². The van der Waals surface area contributed by atoms with Gasteiger partial charge < -0.3 is 11.1 Å². The molecule has 2 aromatic rings. The fourth-order valence-electron chi connectivity index (χ4n) is 1.50. The Bertz CT molecular complexity index is 526. The molecule has 0 radical (unpaired) electrons. The van der Waals surface area contributed by atoms with Crippen molar-refractivity contribution in [2.24, 2.45) is 0 Å². The molecule has 3 nitrogen and oxygen atoms in total. The van der Waals surface area contributed by atoms with Gasteiger partial charge in [0.15, 0.2) is 0 Å². The lowest BCUT2D eigenvalue weighted by Gasteiger charge is -2.08. The van der Waals surface area contributed by atoms with Crippen LogP contribution in [0, 0.1) is 6.92 Å². The van der Waals surface area contributed by atoms with E-state index in [4.69, 9.17) is 17.3 Å². The highest BCUT2D eigenvalue weighted by Crippen LogP contribution is 2.17. The first-order valence-electron chi connectivity index (χ1n) is 5.37. The summed E-state index contributed by atoms with van der Waals surface area (Å²) in [5, 5.41) is 3.98. The first kappa shape index (κ1) is 11.7. The quantitative estimate of drug-likeness (QED) is 0.876. The van der Waals surface area contributed by atoms with Crippen molar-refractivity contribution >= 4 is 23.1 Å². The van der Waals surface area contributed by atoms with Crippen molar-refractivity contribution in [3.05, 3.63) is 52.7 Å². The summed E-state index contributed by atoms with van der Waals surface area (Å²) >= 11 is 6.07. The maximum Gasteiger partial charge on any atom is 0.126 e. The fourth-order valence-corrected chi connectivity index (χ4v) is 1.70. The number of hydrogen-bond donors (Lipinski definition) is 2. The van der Waals surface area contributed by atoms with E-state index in [9.17, 15) is 0 Å². The first-order chi connectivity index (χ1) is 8.16. The highest BCUT2D eigenvalue weighted by molar-refractivity contribution is 6.31. The Morgan fingerprint density at radius 1 is 1.24 bits per heavy atom. The van der Waals surface area contributed by atoms with Gasteiger partial charge in [-0.05, 0) is 30.7 Å². The third kappa shape index (κ3) is 2.88. The van der Waals surface area contributed by atoms with Crippen LogP contribution in [0.2, 0.25) is 5.02 Å². The van der Waals surface area contributed by atoms with E-state index in [-0.39, 0.29) is 0 Å². The largest absolute Gasteiger partial charge is 0.397 e. The Labute approximate surface area is 106 Å². The average molecular weight is 248 g/mol. The molecule has 0 unspecified atom stereocenters. The van der Waals surface area contributed by atoms with Crippen molar-refractivity contribution in [2.75, 3.05) is 11.1 Å². The maximum atomic E-state index is 6.07. The summed E-state index contributed by atoms with van der Waals surface area (Å²) in [7, 11) is 0. The molecule has 1 heterocycles. The van der Waals surface area contributed by atoms with E-state index in [2.05, 4.69) is 10.3 Å². The smallest absolute Gasteiger partial charge is 0.126 e. The van der Waals surface area contributed by atoms with Gasteiger partial charge in [0, 0.05) is 11.6 Å². The molecule has 0 bridgehead atoms. The second kappa shape index (κ2) is 5.06. The van der Waals surface area contributed by atoms with Gasteiger partial charge in [-0.2, -0.15) is 0 Å². The summed E-state index contributed by atoms with van der Waals surface area (Å²) < 4.78 is 0. The van der Waals surface area contributed by atoms with Crippen LogP contribution in [0.15, 0.2) is 36.4 Å². The molecule has 2 rings (SSSR count). The topological polar surface area (TPSA) is 50.9 Å². The van der Waals surface area contributed by atoms with E-state index < -0.39 is 0 Å². The Balaban J connectivity index is 2.08. The summed E-state index contributed by atoms with van der Waals surface area (Å²) in [6, 6.07) is 11.4. The van der Waals surface area contributed by atoms with Crippen LogP contribution in [0.4, 0.5) is 11.5 Å². The molecule has 0 atom stereocenters. The SMILES string of the molecule is Cc1nc(NCc2ccccc2Cl)ccc1N. The number of aryl methyl sites for hydroxylation is 1. The van der Waals surface area contributed by atoms with Crippen LogP contribution in [0.25, 0.3) is 0 Å². The number of benzene rings is 1. The minimum atomic E-state index is 0.649. The van der Waals surface area contributed by atoms with Crippen molar-refractivity contribution in [3.63, 3.8) is 0 Å². The number of halogens is 1. The van der Waals surface area contributed by atoms with E-state index in [0.29, 0.717) is 12.2 Å². The van der Waals surface area contributed by atoms with E-state index in [1.54, 1.807) is 0 Å². The number of nitrogen functional groups attached to an aromatic ring is 1. The van der Waals surface area contributed by atoms with Crippen LogP contribution in [-0.2, 0) is 6.54 Å². The number of nitrogens with two attached hydrogens (primary N) is 1. The molecule has 1 aromatic heterocycles. The number of pyridine rings is 1. The Hall–Kier alpha value is -1.74. The predicted octanol–water partition coefficient (Wildman–Crippen LogP) is 3.24. The minimum absolute atomic E-state index is 0.649. The zero-order chi connectivity index (χ0) is 12.3. The number of nitrogens with one attached hydrogen (secondary N) is 1. The lowest BCUT2D eigenvalue weighted by Crippen LogP contribution is -2.03. The second-order valence-corrected chi connectivity index (χ2v) is 4.22. The Morgan fingerprint density at radius 2 is 2.00 bits per heavy atom. The lowest BCUT2D eigenvalue weighted by molar-refractivity contribution is 1.09. The van der Waals surface area contributed by atoms with Crippen molar-refractivity contribution in [3.8, 4) is 0 Å². The first-order valence-corrected chi connectivity index (χ1v) is 5.75. The fraction of sp³-hybridized carbons (Fsp3) is 0.154. The highest BCUT2D eigenvalue weighted by Gasteiger charge is 2.01. The molecular weight excluding hydrogens is 234 g/mol. The number of anilines is 2. The molecule has 3 N–H and O–H groups in total. The van der Waals surface area contributed by atoms with Gasteiger partial charge in [0.05, 0.1) is 11.4 Å². The summed E-state index contributed by atoms with van der Waals surface area (Å²) in [5.41, 5.74) is 8.29. The summed E-state index contributed by atoms with van der Waals surface area (Å²) in [4.78, 5) is 4.34. The van der Waals surface area contributed by atoms with Gasteiger partial charge in [-0.3, -0.25) is 0 Å². The van der Waals surface area contributed by atoms with Crippen LogP contribution >= 0.6 is 11.6 Å². The predicted molar refractivity (Wildman–Crippen MR) is 72.2 cm³/mol. The molecule has 0 aliphatic heterocycles. The number of nitrogens with zero attached hydrogens (tertiary/aromatic N) is 1. The summed E-state index contributed by atoms with van der Waals surface area (Å²) in [5.74, 6) is 0.802. The monoisotopic (exact) mass is 247 g/mol. The molecule has 0 aliphatic carbocycles. The zero-order valence-corrected chi connectivity index (χ0v) is 10.3. The van der Waals surface area contributed by atoms with Crippen molar-refractivity contribution in [2.45, 2.75) is 13.5 Å². The van der Waals surface area contributed by atoms with Crippen LogP contribution in [0.1, 0.15) is 11.3 Å². The van der Waals surface area contributed by atoms with Gasteiger partial charge in [-0.1, -0.05) is 29.8 Å². The van der Waals surface area contributed by atoms with Gasteiger partial charge in [0.1, 0.15) is 5.82 Å². The molecule has 4 heteroatoms. The van der Waals surface area contributed by atoms with Crippen LogP contribution in [-0.4, -0.2) is 4.98 Å². The number of aromatic nitrogens is 1. The highest BCUT2D eigenvalue weighted by atomic mass is 35.5. The average Bonchev–Trinajstić information content (AvgIpc) is 2.32. The standard InChI is InChI=1S/C13H14ClN3/c1-9-12(15)6-7-13(17-9)16-8-10-4-2-3-5-11(10)14/h2-7H,8,15H2,1H3,(H,16,17). The third-order valence-electron chi connectivity index (χ3n) is 2.54. The molecule has 1 aromatic carbocycles. The Kier molecular flexibility index (Phi) is 3.49. The molecule has 0 aliphatic rings. The zero-order valence-electron chi connectivity index (χ0n) is 9.57. The molecule has 17 heavy (non-hydrogen) atoms. The van der Waals surface area contributed by atoms with E-state index in [1.165, 1.54) is 0 Å². The van der Waals surface area contributed by atoms with Crippen LogP contribution in [0.3, 0.4) is 0 Å². The molecule has 0 spiro atoms. The van der Waals surface area contributed by atoms with E-state index in [1.807, 2.05) is 43.3 Å². The number of rotatable bonds is 3. The van der Waals surface area contributed by atoms with Gasteiger partial charge in [-0.15, -0.1) is 0 Å². The molecular formula is C13H14ClN3. The molecule has 88 valence electrons. The van der Waals surface area contributed by atoms with E-state index in [0.717, 1.165) is 22.1 Å². The molecule has 0 saturated carbocycles. The summed E-state index contributed by atoms with van der Waals surface area (Å²) in [6.45, 7) is 2.53. The second-order valence-electron chi connectivity index (χ2n) is 3.82. The van der Waals surface area contributed by atoms with Crippen molar-refractivity contribution in [1.29, 1.82) is 0 Å². The summed E-state index contributed by atoms with van der Waals surface area (Å²) in [6.07, 6.45) is 0. The van der Waals surface area contributed by atoms with Crippen molar-refractivity contribution < 1.29 is 0 Å². The van der Waals surface area contributed by atoms with Gasteiger partial charge in [0.2, 0.25) is 0 Å². The maximum absolute atomic E-state index is 6.07. The third-order valence-corrected chi connectivity index (χ3v) is 2.91. The lowest BCUT2D eigenvalue weighted by atomic mass is 10.2. The molecule has 0 saturated heterocycles. The number of hydrogen-bond acceptors (Lipinski definition) is 3.